The van der Waals surface area contributed by atoms with Crippen LogP contribution in [0, 0.1) is 11.8 Å². The number of benzene rings is 1. The van der Waals surface area contributed by atoms with E-state index in [1.165, 1.54) is 19.2 Å². The molecular formula is C27H33N5O4. The van der Waals surface area contributed by atoms with Crippen molar-refractivity contribution in [3.8, 4) is 28.5 Å². The number of ether oxygens (including phenoxy) is 3. The molecule has 4 heterocycles. The van der Waals surface area contributed by atoms with Gasteiger partial charge in [-0.15, -0.1) is 0 Å². The van der Waals surface area contributed by atoms with E-state index in [0.29, 0.717) is 58.0 Å². The molecule has 2 aromatic heterocycles. The van der Waals surface area contributed by atoms with Gasteiger partial charge in [-0.3, -0.25) is 4.79 Å². The Morgan fingerprint density at radius 1 is 1.25 bits per heavy atom. The van der Waals surface area contributed by atoms with Crippen LogP contribution in [0.5, 0.6) is 17.2 Å². The summed E-state index contributed by atoms with van der Waals surface area (Å²) in [4.78, 5) is 28.1. The summed E-state index contributed by atoms with van der Waals surface area (Å²) in [5, 5.41) is 3.24. The third-order valence-electron chi connectivity index (χ3n) is 7.08. The normalized spacial score (nSPS) is 19.7. The van der Waals surface area contributed by atoms with Gasteiger partial charge >= 0.3 is 0 Å². The Morgan fingerprint density at radius 3 is 2.97 bits per heavy atom. The van der Waals surface area contributed by atoms with Crippen LogP contribution < -0.4 is 19.5 Å². The van der Waals surface area contributed by atoms with Crippen molar-refractivity contribution in [3.05, 3.63) is 30.2 Å². The molecule has 36 heavy (non-hydrogen) atoms. The molecule has 6 rings (SSSR count). The lowest BCUT2D eigenvalue weighted by molar-refractivity contribution is 0.0900. The molecule has 1 aromatic carbocycles. The molecule has 3 aromatic rings. The lowest BCUT2D eigenvalue weighted by Crippen LogP contribution is -2.48. The Morgan fingerprint density at radius 2 is 2.14 bits per heavy atom. The Balaban J connectivity index is 1.29. The molecule has 0 bridgehead atoms. The van der Waals surface area contributed by atoms with Gasteiger partial charge in [-0.1, -0.05) is 13.8 Å². The third kappa shape index (κ3) is 4.59. The molecule has 2 N–H and O–H groups in total. The molecule has 1 amide bonds. The zero-order valence-electron chi connectivity index (χ0n) is 20.9. The highest BCUT2D eigenvalue weighted by atomic mass is 16.7. The molecule has 1 atom stereocenters. The van der Waals surface area contributed by atoms with Crippen molar-refractivity contribution >= 4 is 16.9 Å². The van der Waals surface area contributed by atoms with Crippen molar-refractivity contribution in [2.24, 2.45) is 11.8 Å². The fourth-order valence-corrected chi connectivity index (χ4v) is 5.21. The second kappa shape index (κ2) is 9.61. The molecule has 1 aliphatic carbocycles. The predicted octanol–water partition coefficient (Wildman–Crippen LogP) is 3.99. The van der Waals surface area contributed by atoms with Gasteiger partial charge in [0.1, 0.15) is 23.3 Å². The van der Waals surface area contributed by atoms with Gasteiger partial charge < -0.3 is 29.4 Å². The molecule has 3 aliphatic rings. The van der Waals surface area contributed by atoms with Gasteiger partial charge in [0.2, 0.25) is 6.79 Å². The van der Waals surface area contributed by atoms with Crippen molar-refractivity contribution in [1.82, 2.24) is 25.2 Å². The van der Waals surface area contributed by atoms with E-state index >= 15 is 0 Å². The van der Waals surface area contributed by atoms with Gasteiger partial charge in [0.05, 0.1) is 23.3 Å². The van der Waals surface area contributed by atoms with E-state index in [1.807, 2.05) is 12.1 Å². The molecular weight excluding hydrogens is 458 g/mol. The van der Waals surface area contributed by atoms with Crippen molar-refractivity contribution in [2.45, 2.75) is 45.6 Å². The molecule has 2 fully saturated rings. The number of fused-ring (bicyclic) bond motifs is 2. The van der Waals surface area contributed by atoms with Crippen LogP contribution in [-0.4, -0.2) is 64.8 Å². The van der Waals surface area contributed by atoms with Crippen LogP contribution >= 0.6 is 0 Å². The van der Waals surface area contributed by atoms with E-state index in [-0.39, 0.29) is 18.7 Å². The largest absolute Gasteiger partial charge is 0.492 e. The van der Waals surface area contributed by atoms with Crippen LogP contribution in [0.1, 0.15) is 49.9 Å². The number of rotatable bonds is 8. The summed E-state index contributed by atoms with van der Waals surface area (Å²) in [7, 11) is 0. The molecule has 2 aliphatic heterocycles. The highest BCUT2D eigenvalue weighted by molar-refractivity contribution is 6.08. The maximum Gasteiger partial charge on any atom is 0.255 e. The van der Waals surface area contributed by atoms with E-state index in [1.54, 1.807) is 6.20 Å². The SMILES string of the molecule is CC(C)CN1CCC[C@H](NC(=O)c2c[nH]c3c(-c4c(OCC5CC5)ccc5c4OCO5)ncnc23)C1. The van der Waals surface area contributed by atoms with E-state index < -0.39 is 0 Å². The zero-order valence-corrected chi connectivity index (χ0v) is 20.9. The Labute approximate surface area is 210 Å². The summed E-state index contributed by atoms with van der Waals surface area (Å²) in [5.41, 5.74) is 3.13. The number of carbonyl (C=O) groups is 1. The molecule has 1 saturated carbocycles. The first kappa shape index (κ1) is 23.1. The fraction of sp³-hybridized carbons (Fsp3) is 0.519. The van der Waals surface area contributed by atoms with E-state index in [4.69, 9.17) is 14.2 Å². The first-order chi connectivity index (χ1) is 17.6. The second-order valence-corrected chi connectivity index (χ2v) is 10.5. The number of nitrogens with zero attached hydrogens (tertiary/aromatic N) is 3. The van der Waals surface area contributed by atoms with E-state index in [9.17, 15) is 4.79 Å². The molecule has 0 spiro atoms. The number of aromatic nitrogens is 3. The number of H-pyrrole nitrogens is 1. The lowest BCUT2D eigenvalue weighted by atomic mass is 10.0. The first-order valence-electron chi connectivity index (χ1n) is 13.0. The fourth-order valence-electron chi connectivity index (χ4n) is 5.21. The summed E-state index contributed by atoms with van der Waals surface area (Å²) >= 11 is 0. The Hall–Kier alpha value is -3.33. The quantitative estimate of drug-likeness (QED) is 0.491. The second-order valence-electron chi connectivity index (χ2n) is 10.5. The minimum atomic E-state index is -0.120. The molecule has 0 radical (unpaired) electrons. The van der Waals surface area contributed by atoms with Gasteiger partial charge in [0, 0.05) is 25.3 Å². The molecule has 0 unspecified atom stereocenters. The highest BCUT2D eigenvalue weighted by Gasteiger charge is 2.29. The molecule has 9 heteroatoms. The van der Waals surface area contributed by atoms with Crippen LogP contribution in [0.15, 0.2) is 24.7 Å². The van der Waals surface area contributed by atoms with Gasteiger partial charge in [-0.05, 0) is 56.2 Å². The summed E-state index contributed by atoms with van der Waals surface area (Å²) in [6.45, 7) is 8.29. The maximum atomic E-state index is 13.3. The zero-order chi connectivity index (χ0) is 24.6. The number of piperidine rings is 1. The summed E-state index contributed by atoms with van der Waals surface area (Å²) in [6.07, 6.45) is 7.68. The van der Waals surface area contributed by atoms with Crippen LogP contribution in [0.2, 0.25) is 0 Å². The first-order valence-corrected chi connectivity index (χ1v) is 13.0. The lowest BCUT2D eigenvalue weighted by Gasteiger charge is -2.34. The summed E-state index contributed by atoms with van der Waals surface area (Å²) in [6, 6.07) is 3.90. The topological polar surface area (TPSA) is 102 Å². The number of aromatic amines is 1. The van der Waals surface area contributed by atoms with Crippen LogP contribution in [0.4, 0.5) is 0 Å². The van der Waals surface area contributed by atoms with Gasteiger partial charge in [-0.2, -0.15) is 0 Å². The molecule has 9 nitrogen and oxygen atoms in total. The van der Waals surface area contributed by atoms with E-state index in [0.717, 1.165) is 38.0 Å². The van der Waals surface area contributed by atoms with Gasteiger partial charge in [-0.25, -0.2) is 9.97 Å². The summed E-state index contributed by atoms with van der Waals surface area (Å²) in [5.74, 6) is 3.05. The Kier molecular flexibility index (Phi) is 6.17. The van der Waals surface area contributed by atoms with Crippen molar-refractivity contribution < 1.29 is 19.0 Å². The number of likely N-dealkylation sites (tertiary alicyclic amines) is 1. The Bertz CT molecular complexity index is 1270. The number of nitrogens with one attached hydrogen (secondary N) is 2. The van der Waals surface area contributed by atoms with Gasteiger partial charge in [0.25, 0.3) is 5.91 Å². The van der Waals surface area contributed by atoms with E-state index in [2.05, 4.69) is 39.0 Å². The average Bonchev–Trinajstić information content (AvgIpc) is 3.38. The average molecular weight is 492 g/mol. The minimum Gasteiger partial charge on any atom is -0.492 e. The minimum absolute atomic E-state index is 0.120. The number of carbonyl (C=O) groups excluding carboxylic acids is 1. The van der Waals surface area contributed by atoms with Crippen molar-refractivity contribution in [3.63, 3.8) is 0 Å². The maximum absolute atomic E-state index is 13.3. The van der Waals surface area contributed by atoms with Crippen molar-refractivity contribution in [1.29, 1.82) is 0 Å². The van der Waals surface area contributed by atoms with Crippen molar-refractivity contribution in [2.75, 3.05) is 33.0 Å². The summed E-state index contributed by atoms with van der Waals surface area (Å²) < 4.78 is 17.6. The standard InChI is InChI=1S/C27H33N5O4/c1-16(2)11-32-9-3-4-18(12-32)31-27(33)19-10-28-25-23(19)29-14-30-24(25)22-20(34-13-17-5-6-17)7-8-21-26(22)36-15-35-21/h7-8,10,14,16-18,28H,3-6,9,11-13,15H2,1-2H3,(H,31,33)/t18-/m0/s1. The highest BCUT2D eigenvalue weighted by Crippen LogP contribution is 2.48. The third-order valence-corrected chi connectivity index (χ3v) is 7.08. The van der Waals surface area contributed by atoms with Crippen LogP contribution in [0.25, 0.3) is 22.3 Å². The predicted molar refractivity (Wildman–Crippen MR) is 135 cm³/mol. The number of hydrogen-bond donors (Lipinski definition) is 2. The molecule has 1 saturated heterocycles. The van der Waals surface area contributed by atoms with Crippen LogP contribution in [-0.2, 0) is 0 Å². The molecule has 190 valence electrons. The monoisotopic (exact) mass is 491 g/mol. The van der Waals surface area contributed by atoms with Crippen LogP contribution in [0.3, 0.4) is 0 Å². The van der Waals surface area contributed by atoms with Gasteiger partial charge in [0.15, 0.2) is 11.5 Å². The smallest absolute Gasteiger partial charge is 0.255 e. The number of hydrogen-bond acceptors (Lipinski definition) is 7. The number of amides is 1.